The van der Waals surface area contributed by atoms with Crippen LogP contribution in [-0.4, -0.2) is 48.4 Å². The van der Waals surface area contributed by atoms with Crippen LogP contribution in [0.25, 0.3) is 11.3 Å². The number of rotatable bonds is 5. The Morgan fingerprint density at radius 3 is 2.58 bits per heavy atom. The SMILES string of the molecule is C[C@H]1CN=C(c2ccc(-c3cc(Oc4ccc(F)cc4F)cc(C(=O)N(C)C)c3)[nH]2)O1. The maximum absolute atomic E-state index is 14.1. The van der Waals surface area contributed by atoms with E-state index in [0.717, 1.165) is 17.8 Å². The summed E-state index contributed by atoms with van der Waals surface area (Å²) < 4.78 is 38.6. The normalized spacial score (nSPS) is 15.4. The van der Waals surface area contributed by atoms with Crippen molar-refractivity contribution in [1.29, 1.82) is 0 Å². The van der Waals surface area contributed by atoms with Crippen molar-refractivity contribution in [2.24, 2.45) is 4.99 Å². The molecular weight excluding hydrogens is 404 g/mol. The van der Waals surface area contributed by atoms with Crippen LogP contribution in [0, 0.1) is 11.6 Å². The highest BCUT2D eigenvalue weighted by Gasteiger charge is 2.19. The number of H-pyrrole nitrogens is 1. The summed E-state index contributed by atoms with van der Waals surface area (Å²) in [5, 5.41) is 0. The van der Waals surface area contributed by atoms with E-state index < -0.39 is 11.6 Å². The molecule has 160 valence electrons. The van der Waals surface area contributed by atoms with E-state index in [0.29, 0.717) is 29.3 Å². The minimum absolute atomic E-state index is 0.0217. The number of carbonyl (C=O) groups is 1. The van der Waals surface area contributed by atoms with Crippen molar-refractivity contribution in [1.82, 2.24) is 9.88 Å². The lowest BCUT2D eigenvalue weighted by atomic mass is 10.1. The predicted octanol–water partition coefficient (Wildman–Crippen LogP) is 4.62. The van der Waals surface area contributed by atoms with Crippen LogP contribution < -0.4 is 4.74 Å². The highest BCUT2D eigenvalue weighted by atomic mass is 19.1. The first-order valence-corrected chi connectivity index (χ1v) is 9.70. The number of nitrogens with zero attached hydrogens (tertiary/aromatic N) is 2. The van der Waals surface area contributed by atoms with Gasteiger partial charge in [-0.1, -0.05) is 0 Å². The molecule has 1 aliphatic heterocycles. The summed E-state index contributed by atoms with van der Waals surface area (Å²) in [4.78, 5) is 21.6. The molecule has 8 heteroatoms. The van der Waals surface area contributed by atoms with Crippen molar-refractivity contribution in [2.75, 3.05) is 20.6 Å². The minimum atomic E-state index is -0.835. The van der Waals surface area contributed by atoms with Gasteiger partial charge in [0.05, 0.1) is 6.54 Å². The van der Waals surface area contributed by atoms with Gasteiger partial charge in [0, 0.05) is 37.0 Å². The summed E-state index contributed by atoms with van der Waals surface area (Å²) in [6.07, 6.45) is 0.0217. The average molecular weight is 425 g/mol. The van der Waals surface area contributed by atoms with Gasteiger partial charge in [-0.2, -0.15) is 0 Å². The van der Waals surface area contributed by atoms with Gasteiger partial charge in [-0.3, -0.25) is 4.79 Å². The Morgan fingerprint density at radius 2 is 1.90 bits per heavy atom. The topological polar surface area (TPSA) is 66.9 Å². The zero-order valence-electron chi connectivity index (χ0n) is 17.3. The van der Waals surface area contributed by atoms with Gasteiger partial charge < -0.3 is 19.4 Å². The number of amides is 1. The Balaban J connectivity index is 1.72. The molecule has 0 unspecified atom stereocenters. The van der Waals surface area contributed by atoms with E-state index in [2.05, 4.69) is 9.98 Å². The fourth-order valence-electron chi connectivity index (χ4n) is 3.19. The number of aliphatic imine (C=N–C) groups is 1. The largest absolute Gasteiger partial charge is 0.471 e. The van der Waals surface area contributed by atoms with Gasteiger partial charge in [0.15, 0.2) is 11.6 Å². The third-order valence-electron chi connectivity index (χ3n) is 4.71. The molecule has 3 aromatic rings. The van der Waals surface area contributed by atoms with Gasteiger partial charge in [0.1, 0.15) is 23.4 Å². The molecule has 2 heterocycles. The summed E-state index contributed by atoms with van der Waals surface area (Å²) >= 11 is 0. The molecule has 0 bridgehead atoms. The Labute approximate surface area is 178 Å². The van der Waals surface area contributed by atoms with Crippen LogP contribution in [0.3, 0.4) is 0 Å². The molecule has 1 aromatic heterocycles. The van der Waals surface area contributed by atoms with Crippen LogP contribution in [0.1, 0.15) is 23.0 Å². The molecule has 2 aromatic carbocycles. The van der Waals surface area contributed by atoms with Crippen molar-refractivity contribution in [2.45, 2.75) is 13.0 Å². The van der Waals surface area contributed by atoms with Crippen molar-refractivity contribution in [3.8, 4) is 22.8 Å². The second kappa shape index (κ2) is 8.22. The average Bonchev–Trinajstić information content (AvgIpc) is 3.38. The van der Waals surface area contributed by atoms with E-state index in [1.54, 1.807) is 26.2 Å². The maximum Gasteiger partial charge on any atom is 0.253 e. The Hall–Kier alpha value is -3.68. The smallest absolute Gasteiger partial charge is 0.253 e. The van der Waals surface area contributed by atoms with Gasteiger partial charge in [0.2, 0.25) is 5.90 Å². The van der Waals surface area contributed by atoms with Gasteiger partial charge >= 0.3 is 0 Å². The van der Waals surface area contributed by atoms with Gasteiger partial charge in [0.25, 0.3) is 5.91 Å². The minimum Gasteiger partial charge on any atom is -0.471 e. The van der Waals surface area contributed by atoms with E-state index in [-0.39, 0.29) is 23.5 Å². The molecule has 1 amide bonds. The lowest BCUT2D eigenvalue weighted by Gasteiger charge is -2.14. The Kier molecular flexibility index (Phi) is 5.46. The zero-order valence-corrected chi connectivity index (χ0v) is 17.3. The number of aromatic amines is 1. The Morgan fingerprint density at radius 1 is 1.13 bits per heavy atom. The molecule has 31 heavy (non-hydrogen) atoms. The molecule has 0 fully saturated rings. The molecular formula is C23H21F2N3O3. The highest BCUT2D eigenvalue weighted by molar-refractivity contribution is 5.96. The van der Waals surface area contributed by atoms with Crippen molar-refractivity contribution in [3.05, 3.63) is 71.4 Å². The van der Waals surface area contributed by atoms with Crippen LogP contribution in [0.4, 0.5) is 8.78 Å². The van der Waals surface area contributed by atoms with Crippen LogP contribution in [-0.2, 0) is 4.74 Å². The molecule has 1 aliphatic rings. The lowest BCUT2D eigenvalue weighted by molar-refractivity contribution is 0.0827. The van der Waals surface area contributed by atoms with Gasteiger partial charge in [-0.05, 0) is 49.4 Å². The van der Waals surface area contributed by atoms with Crippen LogP contribution in [0.2, 0.25) is 0 Å². The molecule has 0 saturated carbocycles. The number of ether oxygens (including phenoxy) is 2. The van der Waals surface area contributed by atoms with Crippen LogP contribution >= 0.6 is 0 Å². The molecule has 1 atom stereocenters. The zero-order chi connectivity index (χ0) is 22.1. The van der Waals surface area contributed by atoms with Crippen LogP contribution in [0.5, 0.6) is 11.5 Å². The molecule has 0 saturated heterocycles. The first-order valence-electron chi connectivity index (χ1n) is 9.70. The summed E-state index contributed by atoms with van der Waals surface area (Å²) in [6.45, 7) is 2.53. The molecule has 0 aliphatic carbocycles. The summed E-state index contributed by atoms with van der Waals surface area (Å²) in [5.41, 5.74) is 2.44. The fourth-order valence-corrected chi connectivity index (χ4v) is 3.19. The van der Waals surface area contributed by atoms with E-state index in [1.165, 1.54) is 17.0 Å². The number of halogens is 2. The monoisotopic (exact) mass is 425 g/mol. The first kappa shape index (κ1) is 20.6. The number of aromatic nitrogens is 1. The van der Waals surface area contributed by atoms with Gasteiger partial charge in [-0.25, -0.2) is 13.8 Å². The number of benzene rings is 2. The van der Waals surface area contributed by atoms with E-state index >= 15 is 0 Å². The number of nitrogens with one attached hydrogen (secondary N) is 1. The number of hydrogen-bond donors (Lipinski definition) is 1. The molecule has 0 radical (unpaired) electrons. The van der Waals surface area contributed by atoms with E-state index in [4.69, 9.17) is 9.47 Å². The Bertz CT molecular complexity index is 1170. The standard InChI is InChI=1S/C23H21F2N3O3/c1-13-12-26-22(30-13)20-6-5-19(27-20)14-8-15(23(29)28(2)3)10-17(9-14)31-21-7-4-16(24)11-18(21)25/h4-11,13,27H,12H2,1-3H3/t13-/m0/s1. The summed E-state index contributed by atoms with van der Waals surface area (Å²) in [5.74, 6) is -1.14. The molecule has 6 nitrogen and oxygen atoms in total. The second-order valence-electron chi connectivity index (χ2n) is 7.48. The van der Waals surface area contributed by atoms with E-state index in [1.807, 2.05) is 19.1 Å². The predicted molar refractivity (Wildman–Crippen MR) is 113 cm³/mol. The van der Waals surface area contributed by atoms with Crippen molar-refractivity contribution in [3.63, 3.8) is 0 Å². The lowest BCUT2D eigenvalue weighted by Crippen LogP contribution is -2.21. The molecule has 0 spiro atoms. The first-order chi connectivity index (χ1) is 14.8. The molecule has 1 N–H and O–H groups in total. The highest BCUT2D eigenvalue weighted by Crippen LogP contribution is 2.31. The third-order valence-corrected chi connectivity index (χ3v) is 4.71. The van der Waals surface area contributed by atoms with Crippen molar-refractivity contribution >= 4 is 11.8 Å². The van der Waals surface area contributed by atoms with E-state index in [9.17, 15) is 13.6 Å². The molecule has 4 rings (SSSR count). The van der Waals surface area contributed by atoms with Crippen molar-refractivity contribution < 1.29 is 23.0 Å². The van der Waals surface area contributed by atoms with Gasteiger partial charge in [-0.15, -0.1) is 0 Å². The number of carbonyl (C=O) groups excluding carboxylic acids is 1. The summed E-state index contributed by atoms with van der Waals surface area (Å²) in [7, 11) is 3.28. The quantitative estimate of drug-likeness (QED) is 0.649. The van der Waals surface area contributed by atoms with Crippen LogP contribution in [0.15, 0.2) is 53.5 Å². The fraction of sp³-hybridized carbons (Fsp3) is 0.217. The second-order valence-corrected chi connectivity index (χ2v) is 7.48. The summed E-state index contributed by atoms with van der Waals surface area (Å²) in [6, 6.07) is 11.6. The maximum atomic E-state index is 14.1. The third kappa shape index (κ3) is 4.42. The number of hydrogen-bond acceptors (Lipinski definition) is 4.